The number of ether oxygens (including phenoxy) is 11. The molecule has 3 saturated carbocycles. The van der Waals surface area contributed by atoms with E-state index in [9.17, 15) is 78.7 Å². The minimum Gasteiger partial charge on any atom is -0.452 e. The number of carbonyl (C=O) groups is 2. The van der Waals surface area contributed by atoms with E-state index >= 15 is 0 Å². The number of aliphatic hydroxyl groups excluding tert-OH is 10. The van der Waals surface area contributed by atoms with E-state index < -0.39 is 221 Å². The molecule has 0 bridgehead atoms. The molecule has 10 rings (SSSR count). The molecule has 0 radical (unpaired) electrons. The normalized spacial score (nSPS) is 53.1. The maximum atomic E-state index is 14.7. The summed E-state index contributed by atoms with van der Waals surface area (Å²) in [5.74, 6) is -2.12. The highest BCUT2D eigenvalue weighted by Crippen LogP contribution is 2.77. The number of ketones is 1. The van der Waals surface area contributed by atoms with Gasteiger partial charge in [-0.15, -0.1) is 0 Å². The third-order valence-corrected chi connectivity index (χ3v) is 21.6. The summed E-state index contributed by atoms with van der Waals surface area (Å²) in [5, 5.41) is 125. The van der Waals surface area contributed by atoms with Crippen molar-refractivity contribution in [2.75, 3.05) is 26.9 Å². The van der Waals surface area contributed by atoms with Gasteiger partial charge in [0.25, 0.3) is 0 Å². The number of carbonyl (C=O) groups excluding carboxylic acids is 2. The number of Topliss-reactive ketones (excluding diaryl/α,β-unsaturated/α-hetero) is 1. The Kier molecular flexibility index (Phi) is 17.0. The monoisotopic (exact) mass is 1210 g/mol. The Labute approximate surface area is 480 Å². The minimum atomic E-state index is -5.22. The van der Waals surface area contributed by atoms with Gasteiger partial charge in [0, 0.05) is 18.9 Å². The first-order valence-corrected chi connectivity index (χ1v) is 29.9. The lowest BCUT2D eigenvalue weighted by Gasteiger charge is -2.64. The molecule has 0 aromatic heterocycles. The second kappa shape index (κ2) is 22.1. The predicted octanol–water partition coefficient (Wildman–Crippen LogP) is -3.08. The number of allylic oxidation sites excluding steroid dienone is 1. The zero-order valence-electron chi connectivity index (χ0n) is 47.8. The topological polar surface area (TPSA) is 422 Å². The maximum Gasteiger partial charge on any atom is 0.397 e. The average Bonchev–Trinajstić information content (AvgIpc) is 1.49. The van der Waals surface area contributed by atoms with Crippen LogP contribution in [0.3, 0.4) is 0 Å². The van der Waals surface area contributed by atoms with Gasteiger partial charge in [-0.25, -0.2) is 4.18 Å². The molecule has 474 valence electrons. The van der Waals surface area contributed by atoms with Crippen molar-refractivity contribution in [3.05, 3.63) is 11.6 Å². The molecule has 9 fully saturated rings. The van der Waals surface area contributed by atoms with Crippen LogP contribution < -0.4 is 0 Å². The fraction of sp³-hybridized carbons (Fsp3) is 0.926. The molecule has 4 aliphatic carbocycles. The Morgan fingerprint density at radius 1 is 0.675 bits per heavy atom. The minimum absolute atomic E-state index is 0.197. The molecule has 0 aromatic rings. The van der Waals surface area contributed by atoms with Crippen molar-refractivity contribution in [2.24, 2.45) is 33.5 Å². The molecular weight excluding hydrogens is 1130 g/mol. The molecule has 83 heavy (non-hydrogen) atoms. The molecule has 0 amide bonds. The number of hydrogen-bond acceptors (Lipinski definition) is 27. The van der Waals surface area contributed by atoms with Crippen LogP contribution in [0.15, 0.2) is 11.6 Å². The zero-order valence-corrected chi connectivity index (χ0v) is 48.6. The first-order valence-electron chi connectivity index (χ1n) is 28.6. The van der Waals surface area contributed by atoms with E-state index in [2.05, 4.69) is 6.92 Å². The van der Waals surface area contributed by atoms with Gasteiger partial charge in [0.15, 0.2) is 42.1 Å². The van der Waals surface area contributed by atoms with Crippen molar-refractivity contribution in [1.29, 1.82) is 0 Å². The van der Waals surface area contributed by atoms with Gasteiger partial charge in [0.1, 0.15) is 97.0 Å². The van der Waals surface area contributed by atoms with Crippen LogP contribution in [0.1, 0.15) is 100 Å². The van der Waals surface area contributed by atoms with Gasteiger partial charge in [-0.1, -0.05) is 39.3 Å². The van der Waals surface area contributed by atoms with Crippen molar-refractivity contribution in [3.8, 4) is 0 Å². The van der Waals surface area contributed by atoms with E-state index in [1.165, 1.54) is 21.0 Å². The molecule has 0 aromatic carbocycles. The first-order chi connectivity index (χ1) is 38.6. The van der Waals surface area contributed by atoms with Crippen LogP contribution in [-0.2, 0) is 76.3 Å². The van der Waals surface area contributed by atoms with E-state index in [0.717, 1.165) is 5.57 Å². The Bertz CT molecular complexity index is 2570. The molecule has 0 unspecified atom stereocenters. The Balaban J connectivity index is 0.858. The van der Waals surface area contributed by atoms with Crippen LogP contribution in [-0.4, -0.2) is 260 Å². The van der Waals surface area contributed by atoms with E-state index in [1.807, 2.05) is 27.7 Å². The number of fused-ring (bicyclic) bond motifs is 4. The SMILES string of the molecule is CO[C@@H]1[C@@H](O)[C@H](O[C@@H]2[C@@H](O)[C@H](O[C@H]3[C@H](O)[C@@H](O)[C@H](O[C@H]4[C@H](O[C@H]5CC[C@]6(C)C7=C[C@H](O)[C@]89C(=O)O[C@@](C)([C@@H]%10CCC(C)(C)O%10)[C@@]8(O)C(=O)C[C@@]9(C)[C@@H]7CC[C@H]6C5(C)C)OC[C@@H](OS(=O)(=O)O)[C@@H]4O)O[C@@H]3C)O[C@H](CO)[C@H]2O)O[C@H](CO)[C@H]1O. The highest BCUT2D eigenvalue weighted by molar-refractivity contribution is 7.80. The summed E-state index contributed by atoms with van der Waals surface area (Å²) in [6.45, 7) is 12.2. The van der Waals surface area contributed by atoms with Crippen molar-refractivity contribution >= 4 is 22.2 Å². The van der Waals surface area contributed by atoms with Gasteiger partial charge < -0.3 is 108 Å². The van der Waals surface area contributed by atoms with Crippen LogP contribution in [0.5, 0.6) is 0 Å². The van der Waals surface area contributed by atoms with Gasteiger partial charge >= 0.3 is 16.4 Å². The molecule has 6 saturated heterocycles. The molecule has 6 aliphatic heterocycles. The molecule has 6 heterocycles. The summed E-state index contributed by atoms with van der Waals surface area (Å²) in [6.07, 6.45) is -31.7. The second-order valence-electron chi connectivity index (χ2n) is 26.5. The predicted molar refractivity (Wildman–Crippen MR) is 274 cm³/mol. The van der Waals surface area contributed by atoms with Crippen molar-refractivity contribution in [2.45, 2.75) is 252 Å². The average molecular weight is 1210 g/mol. The number of cyclic esters (lactones) is 1. The van der Waals surface area contributed by atoms with E-state index in [-0.39, 0.29) is 12.3 Å². The maximum absolute atomic E-state index is 14.7. The lowest BCUT2D eigenvalue weighted by molar-refractivity contribution is -0.389. The van der Waals surface area contributed by atoms with Crippen molar-refractivity contribution in [1.82, 2.24) is 0 Å². The Morgan fingerprint density at radius 3 is 1.86 bits per heavy atom. The van der Waals surface area contributed by atoms with E-state index in [1.54, 1.807) is 13.0 Å². The Morgan fingerprint density at radius 2 is 1.27 bits per heavy atom. The van der Waals surface area contributed by atoms with Crippen LogP contribution in [0.25, 0.3) is 0 Å². The fourth-order valence-corrected chi connectivity index (χ4v) is 17.3. The van der Waals surface area contributed by atoms with Crippen LogP contribution in [0.4, 0.5) is 0 Å². The second-order valence-corrected chi connectivity index (χ2v) is 27.5. The number of aliphatic hydroxyl groups is 11. The molecule has 10 aliphatic rings. The third kappa shape index (κ3) is 9.76. The largest absolute Gasteiger partial charge is 0.452 e. The van der Waals surface area contributed by atoms with Crippen LogP contribution in [0.2, 0.25) is 0 Å². The van der Waals surface area contributed by atoms with Crippen molar-refractivity contribution < 1.29 is 135 Å². The van der Waals surface area contributed by atoms with Gasteiger partial charge in [0.05, 0.1) is 43.7 Å². The number of rotatable bonds is 14. The summed E-state index contributed by atoms with van der Waals surface area (Å²) >= 11 is 0. The van der Waals surface area contributed by atoms with Gasteiger partial charge in [-0.05, 0) is 88.9 Å². The summed E-state index contributed by atoms with van der Waals surface area (Å²) < 4.78 is 104. The highest BCUT2D eigenvalue weighted by atomic mass is 32.3. The van der Waals surface area contributed by atoms with Gasteiger partial charge in [-0.2, -0.15) is 8.42 Å². The lowest BCUT2D eigenvalue weighted by atomic mass is 9.40. The van der Waals surface area contributed by atoms with Crippen molar-refractivity contribution in [3.63, 3.8) is 0 Å². The Hall–Kier alpha value is -2.09. The van der Waals surface area contributed by atoms with E-state index in [0.29, 0.717) is 38.5 Å². The molecule has 29 heteroatoms. The fourth-order valence-electron chi connectivity index (χ4n) is 16.8. The summed E-state index contributed by atoms with van der Waals surface area (Å²) in [4.78, 5) is 29.3. The number of methoxy groups -OCH3 is 1. The van der Waals surface area contributed by atoms with Gasteiger partial charge in [0.2, 0.25) is 0 Å². The summed E-state index contributed by atoms with van der Waals surface area (Å²) in [6, 6.07) is 0. The zero-order chi connectivity index (χ0) is 60.9. The molecule has 29 atom stereocenters. The van der Waals surface area contributed by atoms with Gasteiger partial charge in [-0.3, -0.25) is 14.1 Å². The first kappa shape index (κ1) is 63.9. The molecule has 1 spiro atoms. The third-order valence-electron chi connectivity index (χ3n) is 21.1. The summed E-state index contributed by atoms with van der Waals surface area (Å²) in [7, 11) is -4.04. The molecule has 28 nitrogen and oxygen atoms in total. The quantitative estimate of drug-likeness (QED) is 0.0355. The number of hydrogen-bond donors (Lipinski definition) is 12. The van der Waals surface area contributed by atoms with Crippen LogP contribution in [0, 0.1) is 33.5 Å². The van der Waals surface area contributed by atoms with Crippen LogP contribution >= 0.6 is 0 Å². The number of esters is 1. The highest BCUT2D eigenvalue weighted by Gasteiger charge is 2.90. The smallest absolute Gasteiger partial charge is 0.397 e. The van der Waals surface area contributed by atoms with E-state index in [4.69, 9.17) is 56.3 Å². The lowest BCUT2D eigenvalue weighted by Crippen LogP contribution is -2.71. The standard InChI is InChI=1S/C54H84O28S/c1-21-39(77-45-38(65)41(33(60)25(19-56)75-45)78-44-37(64)40(71-9)32(59)24(18-55)74-44)35(62)36(63)43(73-21)79-42-34(61)26(82-83(68,69)70)20-72-46(42)76-30-13-15-50(6)23-16-28(57)53-47(66)81-52(8,31-12-14-48(2,3)80-31)54(53,67)29(58)17-51(53,7)22(23)10-11-27(50)49(30,4)5/h16,21-22,24-28,30-46,55-57,59-65,67H,10-15,17-20H2,1-9H3,(H,68,69,70)/t21-,22-,24-,25-,26-,27+,28+,30+,31+,32-,33-,34+,35-,36-,37-,38-,39-,40+,41+,42-,43+,44+,45+,46+,50-,51+,52+,53-,54+/m1/s1. The molecular formula is C54H84O28S. The molecule has 12 N–H and O–H groups in total. The summed E-state index contributed by atoms with van der Waals surface area (Å²) in [5.41, 5.74) is -8.78.